The number of rotatable bonds is 0. The third-order valence-electron chi connectivity index (χ3n) is 3.08. The van der Waals surface area contributed by atoms with Crippen molar-refractivity contribution in [2.75, 3.05) is 5.75 Å². The molecule has 0 nitrogen and oxygen atoms in total. The fourth-order valence-electron chi connectivity index (χ4n) is 2.30. The second-order valence-electron chi connectivity index (χ2n) is 4.07. The summed E-state index contributed by atoms with van der Waals surface area (Å²) in [4.78, 5) is 1.51. The zero-order valence-electron chi connectivity index (χ0n) is 8.70. The van der Waals surface area contributed by atoms with Crippen LogP contribution in [0.5, 0.6) is 0 Å². The molecule has 15 heavy (non-hydrogen) atoms. The molecule has 0 radical (unpaired) electrons. The maximum absolute atomic E-state index is 2.30. The van der Waals surface area contributed by atoms with Crippen molar-refractivity contribution in [3.8, 4) is 0 Å². The van der Waals surface area contributed by atoms with Gasteiger partial charge >= 0.3 is 0 Å². The van der Waals surface area contributed by atoms with E-state index in [1.54, 1.807) is 5.56 Å². The lowest BCUT2D eigenvalue weighted by atomic mass is 10.0. The van der Waals surface area contributed by atoms with Gasteiger partial charge in [0.25, 0.3) is 0 Å². The van der Waals surface area contributed by atoms with Gasteiger partial charge in [0, 0.05) is 4.90 Å². The smallest absolute Gasteiger partial charge is 0.0110 e. The molecule has 0 aliphatic carbocycles. The van der Waals surface area contributed by atoms with E-state index in [1.807, 2.05) is 11.8 Å². The summed E-state index contributed by atoms with van der Waals surface area (Å²) in [6, 6.07) is 13.3. The summed E-state index contributed by atoms with van der Waals surface area (Å²) in [6.07, 6.45) is 3.95. The summed E-state index contributed by atoms with van der Waals surface area (Å²) >= 11 is 2.02. The van der Waals surface area contributed by atoms with Crippen LogP contribution in [0.4, 0.5) is 0 Å². The Kier molecular flexibility index (Phi) is 2.41. The van der Waals surface area contributed by atoms with Crippen molar-refractivity contribution in [2.24, 2.45) is 0 Å². The molecule has 0 fully saturated rings. The SMILES string of the molecule is c1ccc2c3c(ccc2c1)SCCCC3. The van der Waals surface area contributed by atoms with Crippen LogP contribution in [0.15, 0.2) is 41.3 Å². The van der Waals surface area contributed by atoms with Gasteiger partial charge in [-0.25, -0.2) is 0 Å². The largest absolute Gasteiger partial charge is 0.126 e. The third-order valence-corrected chi connectivity index (χ3v) is 4.26. The van der Waals surface area contributed by atoms with Crippen LogP contribution in [0.2, 0.25) is 0 Å². The zero-order valence-corrected chi connectivity index (χ0v) is 9.52. The fraction of sp³-hybridized carbons (Fsp3) is 0.286. The predicted octanol–water partition coefficient (Wildman–Crippen LogP) is 4.27. The van der Waals surface area contributed by atoms with Gasteiger partial charge in [0.1, 0.15) is 0 Å². The average molecular weight is 214 g/mol. The van der Waals surface area contributed by atoms with E-state index in [-0.39, 0.29) is 0 Å². The molecule has 0 aromatic heterocycles. The van der Waals surface area contributed by atoms with Crippen LogP contribution in [0.1, 0.15) is 18.4 Å². The molecule has 0 saturated carbocycles. The Hall–Kier alpha value is -0.950. The lowest BCUT2D eigenvalue weighted by Crippen LogP contribution is -1.88. The number of thioether (sulfide) groups is 1. The summed E-state index contributed by atoms with van der Waals surface area (Å²) in [6.45, 7) is 0. The van der Waals surface area contributed by atoms with Crippen LogP contribution < -0.4 is 0 Å². The summed E-state index contributed by atoms with van der Waals surface area (Å²) in [7, 11) is 0. The van der Waals surface area contributed by atoms with Gasteiger partial charge in [-0.15, -0.1) is 11.8 Å². The Morgan fingerprint density at radius 2 is 1.87 bits per heavy atom. The third kappa shape index (κ3) is 1.65. The van der Waals surface area contributed by atoms with Gasteiger partial charge < -0.3 is 0 Å². The first-order valence-electron chi connectivity index (χ1n) is 5.58. The summed E-state index contributed by atoms with van der Waals surface area (Å²) in [5.41, 5.74) is 1.58. The maximum Gasteiger partial charge on any atom is 0.0110 e. The second-order valence-corrected chi connectivity index (χ2v) is 5.21. The molecule has 0 spiro atoms. The predicted molar refractivity (Wildman–Crippen MR) is 67.6 cm³/mol. The molecule has 2 aromatic carbocycles. The Balaban J connectivity index is 2.27. The van der Waals surface area contributed by atoms with Crippen LogP contribution >= 0.6 is 11.8 Å². The Bertz CT molecular complexity index is 488. The van der Waals surface area contributed by atoms with Gasteiger partial charge in [0.15, 0.2) is 0 Å². The minimum absolute atomic E-state index is 1.25. The van der Waals surface area contributed by atoms with Gasteiger partial charge in [0.05, 0.1) is 0 Å². The molecular formula is C14H14S. The first-order chi connectivity index (χ1) is 7.45. The molecule has 0 amide bonds. The molecule has 0 N–H and O–H groups in total. The first kappa shape index (κ1) is 9.29. The van der Waals surface area contributed by atoms with Gasteiger partial charge in [-0.05, 0) is 47.4 Å². The topological polar surface area (TPSA) is 0 Å². The molecular weight excluding hydrogens is 200 g/mol. The van der Waals surface area contributed by atoms with E-state index in [0.29, 0.717) is 0 Å². The van der Waals surface area contributed by atoms with Crippen LogP contribution in [-0.2, 0) is 6.42 Å². The molecule has 1 heterocycles. The highest BCUT2D eigenvalue weighted by Crippen LogP contribution is 2.33. The quantitative estimate of drug-likeness (QED) is 0.631. The number of benzene rings is 2. The lowest BCUT2D eigenvalue weighted by molar-refractivity contribution is 0.809. The van der Waals surface area contributed by atoms with Crippen molar-refractivity contribution in [1.82, 2.24) is 0 Å². The fourth-order valence-corrected chi connectivity index (χ4v) is 3.41. The molecule has 1 aliphatic rings. The monoisotopic (exact) mass is 214 g/mol. The van der Waals surface area contributed by atoms with E-state index in [0.717, 1.165) is 0 Å². The lowest BCUT2D eigenvalue weighted by Gasteiger charge is -2.08. The number of hydrogen-bond acceptors (Lipinski definition) is 1. The molecule has 0 atom stereocenters. The van der Waals surface area contributed by atoms with E-state index in [1.165, 1.54) is 40.7 Å². The van der Waals surface area contributed by atoms with Crippen LogP contribution in [0.25, 0.3) is 10.8 Å². The number of aryl methyl sites for hydroxylation is 1. The minimum Gasteiger partial charge on any atom is -0.126 e. The van der Waals surface area contributed by atoms with Crippen LogP contribution in [0.3, 0.4) is 0 Å². The molecule has 3 rings (SSSR count). The Morgan fingerprint density at radius 3 is 2.87 bits per heavy atom. The van der Waals surface area contributed by atoms with Crippen molar-refractivity contribution in [2.45, 2.75) is 24.2 Å². The highest BCUT2D eigenvalue weighted by Gasteiger charge is 2.10. The van der Waals surface area contributed by atoms with E-state index in [2.05, 4.69) is 36.4 Å². The summed E-state index contributed by atoms with van der Waals surface area (Å²) < 4.78 is 0. The standard InChI is InChI=1S/C14H14S/c1-2-6-12-11(5-1)8-9-14-13(12)7-3-4-10-15-14/h1-2,5-6,8-9H,3-4,7,10H2. The van der Waals surface area contributed by atoms with Gasteiger partial charge in [-0.3, -0.25) is 0 Å². The second kappa shape index (κ2) is 3.90. The Morgan fingerprint density at radius 1 is 0.933 bits per heavy atom. The molecule has 0 unspecified atom stereocenters. The van der Waals surface area contributed by atoms with Gasteiger partial charge in [-0.1, -0.05) is 30.3 Å². The molecule has 76 valence electrons. The summed E-state index contributed by atoms with van der Waals surface area (Å²) in [5.74, 6) is 1.28. The van der Waals surface area contributed by atoms with E-state index < -0.39 is 0 Å². The molecule has 0 bridgehead atoms. The van der Waals surface area contributed by atoms with Crippen LogP contribution in [0, 0.1) is 0 Å². The highest BCUT2D eigenvalue weighted by molar-refractivity contribution is 7.99. The minimum atomic E-state index is 1.25. The van der Waals surface area contributed by atoms with Crippen molar-refractivity contribution in [3.05, 3.63) is 42.0 Å². The highest BCUT2D eigenvalue weighted by atomic mass is 32.2. The van der Waals surface area contributed by atoms with Gasteiger partial charge in [-0.2, -0.15) is 0 Å². The molecule has 0 saturated heterocycles. The van der Waals surface area contributed by atoms with Crippen molar-refractivity contribution in [1.29, 1.82) is 0 Å². The number of hydrogen-bond donors (Lipinski definition) is 0. The van der Waals surface area contributed by atoms with Crippen molar-refractivity contribution >= 4 is 22.5 Å². The number of fused-ring (bicyclic) bond motifs is 3. The normalized spacial score (nSPS) is 16.0. The van der Waals surface area contributed by atoms with Crippen LogP contribution in [-0.4, -0.2) is 5.75 Å². The Labute approximate surface area is 94.7 Å². The van der Waals surface area contributed by atoms with E-state index in [9.17, 15) is 0 Å². The molecule has 1 aliphatic heterocycles. The average Bonchev–Trinajstić information content (AvgIpc) is 2.54. The molecule has 2 aromatic rings. The van der Waals surface area contributed by atoms with E-state index in [4.69, 9.17) is 0 Å². The van der Waals surface area contributed by atoms with E-state index >= 15 is 0 Å². The first-order valence-corrected chi connectivity index (χ1v) is 6.57. The van der Waals surface area contributed by atoms with Crippen molar-refractivity contribution in [3.63, 3.8) is 0 Å². The summed E-state index contributed by atoms with van der Waals surface area (Å²) in [5, 5.41) is 2.85. The van der Waals surface area contributed by atoms with Crippen molar-refractivity contribution < 1.29 is 0 Å². The van der Waals surface area contributed by atoms with Gasteiger partial charge in [0.2, 0.25) is 0 Å². The molecule has 1 heteroatoms. The maximum atomic E-state index is 2.30. The zero-order chi connectivity index (χ0) is 10.1.